The fourth-order valence-corrected chi connectivity index (χ4v) is 4.03. The molecule has 0 atom stereocenters. The maximum absolute atomic E-state index is 12.0. The summed E-state index contributed by atoms with van der Waals surface area (Å²) in [4.78, 5) is 14.3. The van der Waals surface area contributed by atoms with E-state index in [1.807, 2.05) is 6.92 Å². The van der Waals surface area contributed by atoms with Crippen LogP contribution in [0.2, 0.25) is 0 Å². The lowest BCUT2D eigenvalue weighted by molar-refractivity contribution is 0.287. The van der Waals surface area contributed by atoms with Gasteiger partial charge in [-0.1, -0.05) is 38.5 Å². The highest BCUT2D eigenvalue weighted by molar-refractivity contribution is 5.86. The van der Waals surface area contributed by atoms with Crippen molar-refractivity contribution in [3.8, 4) is 5.75 Å². The second kappa shape index (κ2) is 7.10. The summed E-state index contributed by atoms with van der Waals surface area (Å²) in [6.45, 7) is 7.56. The Bertz CT molecular complexity index is 1050. The van der Waals surface area contributed by atoms with E-state index < -0.39 is 0 Å². The van der Waals surface area contributed by atoms with Crippen molar-refractivity contribution in [3.63, 3.8) is 0 Å². The van der Waals surface area contributed by atoms with Crippen LogP contribution in [0.1, 0.15) is 42.5 Å². The Labute approximate surface area is 159 Å². The van der Waals surface area contributed by atoms with Gasteiger partial charge in [-0.3, -0.25) is 0 Å². The van der Waals surface area contributed by atoms with E-state index in [1.165, 1.54) is 11.3 Å². The van der Waals surface area contributed by atoms with Gasteiger partial charge in [0.15, 0.2) is 6.73 Å². The Morgan fingerprint density at radius 1 is 1.11 bits per heavy atom. The Kier molecular flexibility index (Phi) is 4.65. The van der Waals surface area contributed by atoms with Gasteiger partial charge in [0, 0.05) is 34.8 Å². The van der Waals surface area contributed by atoms with Crippen LogP contribution in [-0.4, -0.2) is 6.73 Å². The summed E-state index contributed by atoms with van der Waals surface area (Å²) in [5, 5.41) is 1.03. The van der Waals surface area contributed by atoms with Gasteiger partial charge in [-0.2, -0.15) is 0 Å². The first-order valence-corrected chi connectivity index (χ1v) is 9.67. The molecule has 0 spiro atoms. The van der Waals surface area contributed by atoms with Crippen LogP contribution in [-0.2, 0) is 19.4 Å². The molecule has 0 N–H and O–H groups in total. The number of para-hydroxylation sites is 1. The summed E-state index contributed by atoms with van der Waals surface area (Å²) in [5.74, 6) is 0.851. The highest BCUT2D eigenvalue weighted by Crippen LogP contribution is 2.37. The molecule has 0 saturated heterocycles. The van der Waals surface area contributed by atoms with Gasteiger partial charge in [-0.15, -0.1) is 0 Å². The third-order valence-corrected chi connectivity index (χ3v) is 5.34. The summed E-state index contributed by atoms with van der Waals surface area (Å²) in [5.41, 5.74) is 6.02. The first-order valence-electron chi connectivity index (χ1n) is 9.67. The molecular formula is C23H25NO3. The zero-order valence-electron chi connectivity index (χ0n) is 16.2. The maximum atomic E-state index is 12.0. The number of rotatable bonds is 4. The van der Waals surface area contributed by atoms with Crippen molar-refractivity contribution >= 4 is 16.7 Å². The Morgan fingerprint density at radius 3 is 2.70 bits per heavy atom. The predicted octanol–water partition coefficient (Wildman–Crippen LogP) is 4.97. The normalized spacial score (nSPS) is 13.5. The molecule has 0 bridgehead atoms. The molecular weight excluding hydrogens is 338 g/mol. The predicted molar refractivity (Wildman–Crippen MR) is 109 cm³/mol. The molecule has 3 aromatic rings. The number of aryl methyl sites for hydroxylation is 3. The lowest BCUT2D eigenvalue weighted by Crippen LogP contribution is -2.33. The van der Waals surface area contributed by atoms with Gasteiger partial charge in [0.2, 0.25) is 0 Å². The number of benzene rings is 2. The number of nitrogens with zero attached hydrogens (tertiary/aromatic N) is 1. The van der Waals surface area contributed by atoms with E-state index in [4.69, 9.17) is 9.15 Å². The number of ether oxygens (including phenoxy) is 1. The Balaban J connectivity index is 1.82. The molecule has 0 radical (unpaired) electrons. The second-order valence-corrected chi connectivity index (χ2v) is 7.16. The van der Waals surface area contributed by atoms with Crippen molar-refractivity contribution in [1.29, 1.82) is 0 Å². The van der Waals surface area contributed by atoms with Crippen LogP contribution < -0.4 is 15.3 Å². The standard InChI is InChI=1S/C23H25NO3/c1-4-8-17-12-21(25)27-23-15(3)22-18(11-19(17)23)13-24(14-26-22)20-10-7-6-9-16(20)5-2/h6-7,9-12H,4-5,8,13-14H2,1-3H3. The smallest absolute Gasteiger partial charge is 0.336 e. The third-order valence-electron chi connectivity index (χ3n) is 5.34. The monoisotopic (exact) mass is 363 g/mol. The molecule has 0 amide bonds. The van der Waals surface area contributed by atoms with E-state index in [0.717, 1.165) is 53.6 Å². The van der Waals surface area contributed by atoms with E-state index in [0.29, 0.717) is 12.3 Å². The lowest BCUT2D eigenvalue weighted by Gasteiger charge is -2.33. The molecule has 4 heteroatoms. The largest absolute Gasteiger partial charge is 0.472 e. The zero-order chi connectivity index (χ0) is 19.0. The maximum Gasteiger partial charge on any atom is 0.336 e. The first-order chi connectivity index (χ1) is 13.1. The van der Waals surface area contributed by atoms with Gasteiger partial charge < -0.3 is 14.1 Å². The highest BCUT2D eigenvalue weighted by Gasteiger charge is 2.24. The van der Waals surface area contributed by atoms with E-state index >= 15 is 0 Å². The van der Waals surface area contributed by atoms with Crippen molar-refractivity contribution in [2.75, 3.05) is 11.6 Å². The average molecular weight is 363 g/mol. The molecule has 0 saturated carbocycles. The van der Waals surface area contributed by atoms with Crippen molar-refractivity contribution in [2.24, 2.45) is 0 Å². The van der Waals surface area contributed by atoms with Crippen molar-refractivity contribution in [2.45, 2.75) is 46.6 Å². The van der Waals surface area contributed by atoms with Crippen LogP contribution in [0.15, 0.2) is 45.6 Å². The Morgan fingerprint density at radius 2 is 1.93 bits per heavy atom. The molecule has 2 heterocycles. The van der Waals surface area contributed by atoms with E-state index in [1.54, 1.807) is 6.07 Å². The van der Waals surface area contributed by atoms with Crippen LogP contribution in [0, 0.1) is 6.92 Å². The number of anilines is 1. The lowest BCUT2D eigenvalue weighted by atomic mass is 9.98. The van der Waals surface area contributed by atoms with Crippen molar-refractivity contribution in [3.05, 3.63) is 69.1 Å². The first kappa shape index (κ1) is 17.7. The van der Waals surface area contributed by atoms with Crippen molar-refractivity contribution < 1.29 is 9.15 Å². The third kappa shape index (κ3) is 3.09. The summed E-state index contributed by atoms with van der Waals surface area (Å²) in [6.07, 6.45) is 2.84. The van der Waals surface area contributed by atoms with Gasteiger partial charge in [-0.05, 0) is 43.0 Å². The quantitative estimate of drug-likeness (QED) is 0.614. The molecule has 140 valence electrons. The molecule has 4 rings (SSSR count). The van der Waals surface area contributed by atoms with Crippen LogP contribution >= 0.6 is 0 Å². The molecule has 0 aliphatic carbocycles. The molecule has 1 aliphatic rings. The van der Waals surface area contributed by atoms with Gasteiger partial charge in [0.25, 0.3) is 0 Å². The molecule has 4 nitrogen and oxygen atoms in total. The molecule has 0 fully saturated rings. The fourth-order valence-electron chi connectivity index (χ4n) is 4.03. The average Bonchev–Trinajstić information content (AvgIpc) is 2.69. The fraction of sp³-hybridized carbons (Fsp3) is 0.348. The zero-order valence-corrected chi connectivity index (χ0v) is 16.2. The molecule has 1 aliphatic heterocycles. The molecule has 1 aromatic heterocycles. The molecule has 0 unspecified atom stereocenters. The van der Waals surface area contributed by atoms with E-state index in [9.17, 15) is 4.79 Å². The van der Waals surface area contributed by atoms with Crippen LogP contribution in [0.4, 0.5) is 5.69 Å². The highest BCUT2D eigenvalue weighted by atomic mass is 16.5. The van der Waals surface area contributed by atoms with Gasteiger partial charge in [0.1, 0.15) is 11.3 Å². The van der Waals surface area contributed by atoms with E-state index in [2.05, 4.69) is 49.1 Å². The van der Waals surface area contributed by atoms with Crippen molar-refractivity contribution in [1.82, 2.24) is 0 Å². The summed E-state index contributed by atoms with van der Waals surface area (Å²) in [6, 6.07) is 12.3. The second-order valence-electron chi connectivity index (χ2n) is 7.16. The van der Waals surface area contributed by atoms with Crippen LogP contribution in [0.3, 0.4) is 0 Å². The summed E-state index contributed by atoms with van der Waals surface area (Å²) >= 11 is 0. The molecule has 2 aromatic carbocycles. The minimum atomic E-state index is -0.289. The number of hydrogen-bond donors (Lipinski definition) is 0. The minimum Gasteiger partial charge on any atom is -0.472 e. The molecule has 27 heavy (non-hydrogen) atoms. The number of fused-ring (bicyclic) bond motifs is 2. The van der Waals surface area contributed by atoms with Gasteiger partial charge in [0.05, 0.1) is 0 Å². The Hall–Kier alpha value is -2.75. The summed E-state index contributed by atoms with van der Waals surface area (Å²) in [7, 11) is 0. The van der Waals surface area contributed by atoms with E-state index in [-0.39, 0.29) is 5.63 Å². The summed E-state index contributed by atoms with van der Waals surface area (Å²) < 4.78 is 11.7. The van der Waals surface area contributed by atoms with Crippen LogP contribution in [0.5, 0.6) is 5.75 Å². The number of hydrogen-bond acceptors (Lipinski definition) is 4. The topological polar surface area (TPSA) is 42.7 Å². The van der Waals surface area contributed by atoms with Crippen LogP contribution in [0.25, 0.3) is 11.0 Å². The van der Waals surface area contributed by atoms with Gasteiger partial charge >= 0.3 is 5.63 Å². The van der Waals surface area contributed by atoms with Gasteiger partial charge in [-0.25, -0.2) is 4.79 Å². The minimum absolute atomic E-state index is 0.289. The SMILES string of the molecule is CCCc1cc(=O)oc2c(C)c3c(cc12)CN(c1ccccc1CC)CO3.